The lowest BCUT2D eigenvalue weighted by atomic mass is 10.2. The lowest BCUT2D eigenvalue weighted by molar-refractivity contribution is 0.102. The highest BCUT2D eigenvalue weighted by Crippen LogP contribution is 2.29. The average Bonchev–Trinajstić information content (AvgIpc) is 3.35. The van der Waals surface area contributed by atoms with Gasteiger partial charge in [-0.1, -0.05) is 47.1 Å². The summed E-state index contributed by atoms with van der Waals surface area (Å²) in [6.45, 7) is 10.5. The van der Waals surface area contributed by atoms with Crippen molar-refractivity contribution in [1.82, 2.24) is 19.3 Å². The number of carbonyl (C=O) groups excluding carboxylic acids is 1. The Morgan fingerprint density at radius 3 is 2.42 bits per heavy atom. The summed E-state index contributed by atoms with van der Waals surface area (Å²) in [7, 11) is 0. The number of nitrogens with zero attached hydrogens (tertiary/aromatic N) is 4. The average molecular weight is 477 g/mol. The molecule has 0 spiro atoms. The van der Waals surface area contributed by atoms with Crippen LogP contribution in [0.4, 0.5) is 0 Å². The summed E-state index contributed by atoms with van der Waals surface area (Å²) in [6.07, 6.45) is 1.84. The van der Waals surface area contributed by atoms with Gasteiger partial charge in [0.05, 0.1) is 5.75 Å². The van der Waals surface area contributed by atoms with Crippen LogP contribution in [0.15, 0.2) is 72.4 Å². The highest BCUT2D eigenvalue weighted by molar-refractivity contribution is 7.99. The van der Waals surface area contributed by atoms with Crippen LogP contribution < -0.4 is 0 Å². The van der Waals surface area contributed by atoms with Gasteiger partial charge in [0, 0.05) is 39.8 Å². The number of hydrogen-bond donors (Lipinski definition) is 0. The lowest BCUT2D eigenvalue weighted by Crippen LogP contribution is -2.07. The third-order valence-electron chi connectivity index (χ3n) is 5.55. The maximum Gasteiger partial charge on any atom is 0.196 e. The standard InChI is InChI=1S/C26H25ClN4OS/c1-5-14-30-18(3)15-23(19(30)4)24(32)16-33-26-29-28-25(20-8-10-21(27)11-9-20)31(26)22-12-6-17(2)7-13-22/h5-13,15H,1,14,16H2,2-4H3. The zero-order valence-electron chi connectivity index (χ0n) is 18.9. The number of hydrogen-bond acceptors (Lipinski definition) is 4. The van der Waals surface area contributed by atoms with Gasteiger partial charge in [-0.15, -0.1) is 16.8 Å². The van der Waals surface area contributed by atoms with Gasteiger partial charge in [-0.2, -0.15) is 0 Å². The Balaban J connectivity index is 1.66. The Hall–Kier alpha value is -3.09. The number of thioether (sulfide) groups is 1. The molecule has 0 aliphatic heterocycles. The van der Waals surface area contributed by atoms with Gasteiger partial charge in [0.1, 0.15) is 0 Å². The van der Waals surface area contributed by atoms with Crippen molar-refractivity contribution in [3.63, 3.8) is 0 Å². The van der Waals surface area contributed by atoms with E-state index in [9.17, 15) is 4.79 Å². The SMILES string of the molecule is C=CCn1c(C)cc(C(=O)CSc2nnc(-c3ccc(Cl)cc3)n2-c2ccc(C)cc2)c1C. The molecule has 2 heterocycles. The van der Waals surface area contributed by atoms with Crippen LogP contribution in [0.2, 0.25) is 5.02 Å². The first-order valence-electron chi connectivity index (χ1n) is 10.6. The van der Waals surface area contributed by atoms with Crippen molar-refractivity contribution in [2.24, 2.45) is 0 Å². The Bertz CT molecular complexity index is 1300. The molecule has 0 bridgehead atoms. The molecule has 7 heteroatoms. The summed E-state index contributed by atoms with van der Waals surface area (Å²) < 4.78 is 4.08. The van der Waals surface area contributed by atoms with Gasteiger partial charge in [0.15, 0.2) is 16.8 Å². The van der Waals surface area contributed by atoms with Crippen LogP contribution in [-0.2, 0) is 6.54 Å². The van der Waals surface area contributed by atoms with Gasteiger partial charge in [0.2, 0.25) is 0 Å². The molecule has 168 valence electrons. The number of allylic oxidation sites excluding steroid dienone is 1. The Labute approximate surface area is 203 Å². The quantitative estimate of drug-likeness (QED) is 0.166. The van der Waals surface area contributed by atoms with Gasteiger partial charge >= 0.3 is 0 Å². The number of aromatic nitrogens is 4. The minimum Gasteiger partial charge on any atom is -0.345 e. The van der Waals surface area contributed by atoms with Crippen molar-refractivity contribution in [3.8, 4) is 17.1 Å². The number of rotatable bonds is 8. The lowest BCUT2D eigenvalue weighted by Gasteiger charge is -2.11. The van der Waals surface area contributed by atoms with Crippen LogP contribution in [0.5, 0.6) is 0 Å². The summed E-state index contributed by atoms with van der Waals surface area (Å²) in [5.74, 6) is 1.03. The molecule has 2 aromatic heterocycles. The van der Waals surface area contributed by atoms with E-state index < -0.39 is 0 Å². The van der Waals surface area contributed by atoms with Crippen LogP contribution in [0.25, 0.3) is 17.1 Å². The molecule has 5 nitrogen and oxygen atoms in total. The van der Waals surface area contributed by atoms with Crippen LogP contribution >= 0.6 is 23.4 Å². The molecular weight excluding hydrogens is 452 g/mol. The van der Waals surface area contributed by atoms with Crippen LogP contribution in [0.3, 0.4) is 0 Å². The van der Waals surface area contributed by atoms with E-state index >= 15 is 0 Å². The van der Waals surface area contributed by atoms with Crippen LogP contribution in [0, 0.1) is 20.8 Å². The fourth-order valence-corrected chi connectivity index (χ4v) is 4.74. The van der Waals surface area contributed by atoms with Gasteiger partial charge < -0.3 is 4.57 Å². The van der Waals surface area contributed by atoms with E-state index in [0.29, 0.717) is 22.5 Å². The number of aryl methyl sites for hydroxylation is 2. The molecule has 0 amide bonds. The summed E-state index contributed by atoms with van der Waals surface area (Å²) in [4.78, 5) is 13.1. The Morgan fingerprint density at radius 2 is 1.76 bits per heavy atom. The van der Waals surface area contributed by atoms with E-state index in [1.165, 1.54) is 17.3 Å². The monoisotopic (exact) mass is 476 g/mol. The fraction of sp³-hybridized carbons (Fsp3) is 0.192. The summed E-state index contributed by atoms with van der Waals surface area (Å²) >= 11 is 7.46. The largest absolute Gasteiger partial charge is 0.345 e. The molecule has 4 aromatic rings. The first kappa shape index (κ1) is 23.1. The topological polar surface area (TPSA) is 52.7 Å². The van der Waals surface area contributed by atoms with Gasteiger partial charge in [-0.05, 0) is 63.2 Å². The molecule has 0 atom stereocenters. The van der Waals surface area contributed by atoms with E-state index in [1.807, 2.05) is 73.9 Å². The number of benzene rings is 2. The maximum atomic E-state index is 13.1. The molecule has 0 N–H and O–H groups in total. The molecule has 0 aliphatic carbocycles. The normalized spacial score (nSPS) is 11.0. The molecule has 4 rings (SSSR count). The predicted octanol–water partition coefficient (Wildman–Crippen LogP) is 6.48. The fourth-order valence-electron chi connectivity index (χ4n) is 3.78. The minimum absolute atomic E-state index is 0.0647. The maximum absolute atomic E-state index is 13.1. The first-order chi connectivity index (χ1) is 15.9. The summed E-state index contributed by atoms with van der Waals surface area (Å²) in [6, 6.07) is 17.6. The van der Waals surface area contributed by atoms with E-state index in [2.05, 4.69) is 33.5 Å². The van der Waals surface area contributed by atoms with E-state index in [-0.39, 0.29) is 11.5 Å². The van der Waals surface area contributed by atoms with Crippen molar-refractivity contribution in [2.75, 3.05) is 5.75 Å². The van der Waals surface area contributed by atoms with Crippen LogP contribution in [0.1, 0.15) is 27.3 Å². The minimum atomic E-state index is 0.0647. The zero-order valence-corrected chi connectivity index (χ0v) is 20.5. The molecule has 2 aromatic carbocycles. The van der Waals surface area contributed by atoms with Crippen molar-refractivity contribution in [1.29, 1.82) is 0 Å². The third kappa shape index (κ3) is 4.82. The van der Waals surface area contributed by atoms with Crippen molar-refractivity contribution >= 4 is 29.1 Å². The molecule has 0 aliphatic rings. The second-order valence-electron chi connectivity index (χ2n) is 7.88. The van der Waals surface area contributed by atoms with Gasteiger partial charge in [-0.25, -0.2) is 0 Å². The first-order valence-corrected chi connectivity index (χ1v) is 12.0. The van der Waals surface area contributed by atoms with Crippen molar-refractivity contribution in [2.45, 2.75) is 32.5 Å². The Morgan fingerprint density at radius 1 is 1.06 bits per heavy atom. The van der Waals surface area contributed by atoms with E-state index in [1.54, 1.807) is 0 Å². The predicted molar refractivity (Wildman–Crippen MR) is 136 cm³/mol. The smallest absolute Gasteiger partial charge is 0.196 e. The molecule has 0 fully saturated rings. The van der Waals surface area contributed by atoms with Crippen molar-refractivity contribution in [3.05, 3.63) is 94.8 Å². The Kier molecular flexibility index (Phi) is 6.86. The number of Topliss-reactive ketones (excluding diaryl/α,β-unsaturated/α-hetero) is 1. The van der Waals surface area contributed by atoms with Crippen LogP contribution in [-0.4, -0.2) is 30.9 Å². The number of carbonyl (C=O) groups is 1. The second kappa shape index (κ2) is 9.81. The molecule has 0 saturated carbocycles. The molecule has 0 radical (unpaired) electrons. The highest BCUT2D eigenvalue weighted by atomic mass is 35.5. The molecule has 33 heavy (non-hydrogen) atoms. The second-order valence-corrected chi connectivity index (χ2v) is 9.26. The van der Waals surface area contributed by atoms with Crippen molar-refractivity contribution < 1.29 is 4.79 Å². The van der Waals surface area contributed by atoms with Gasteiger partial charge in [0.25, 0.3) is 0 Å². The molecule has 0 saturated heterocycles. The summed E-state index contributed by atoms with van der Waals surface area (Å²) in [5.41, 5.74) is 5.75. The number of halogens is 1. The third-order valence-corrected chi connectivity index (χ3v) is 6.73. The van der Waals surface area contributed by atoms with Gasteiger partial charge in [-0.3, -0.25) is 9.36 Å². The molecular formula is C26H25ClN4OS. The zero-order chi connectivity index (χ0) is 23.5. The summed E-state index contributed by atoms with van der Waals surface area (Å²) in [5, 5.41) is 10.2. The highest BCUT2D eigenvalue weighted by Gasteiger charge is 2.20. The molecule has 0 unspecified atom stereocenters. The van der Waals surface area contributed by atoms with E-state index in [4.69, 9.17) is 11.6 Å². The number of ketones is 1. The van der Waals surface area contributed by atoms with E-state index in [0.717, 1.165) is 28.2 Å².